The number of hydrogen-bond acceptors (Lipinski definition) is 4. The van der Waals surface area contributed by atoms with E-state index < -0.39 is 15.9 Å². The van der Waals surface area contributed by atoms with Crippen LogP contribution < -0.4 is 9.73 Å². The highest BCUT2D eigenvalue weighted by atomic mass is 32.2. The molecule has 0 radical (unpaired) electrons. The number of anilines is 1. The molecule has 3 rings (SSSR count). The molecule has 1 amide bonds. The van der Waals surface area contributed by atoms with Gasteiger partial charge in [0, 0.05) is 11.1 Å². The van der Waals surface area contributed by atoms with Gasteiger partial charge in [0.25, 0.3) is 15.9 Å². The second-order valence-electron chi connectivity index (χ2n) is 8.72. The van der Waals surface area contributed by atoms with E-state index in [0.717, 1.165) is 11.3 Å². The average molecular weight is 464 g/mol. The Morgan fingerprint density at radius 3 is 2.03 bits per heavy atom. The molecule has 172 valence electrons. The summed E-state index contributed by atoms with van der Waals surface area (Å²) in [5.41, 5.74) is 4.44. The molecule has 0 saturated heterocycles. The third-order valence-electron chi connectivity index (χ3n) is 5.33. The van der Waals surface area contributed by atoms with E-state index in [1.54, 1.807) is 54.6 Å². The van der Waals surface area contributed by atoms with Gasteiger partial charge in [0.05, 0.1) is 22.7 Å². The van der Waals surface area contributed by atoms with Gasteiger partial charge in [0.2, 0.25) is 0 Å². The van der Waals surface area contributed by atoms with Gasteiger partial charge in [-0.3, -0.25) is 9.10 Å². The molecular weight excluding hydrogens is 434 g/mol. The van der Waals surface area contributed by atoms with Crippen LogP contribution in [0.25, 0.3) is 0 Å². The summed E-state index contributed by atoms with van der Waals surface area (Å²) in [7, 11) is -3.95. The number of amides is 1. The first-order chi connectivity index (χ1) is 15.6. The molecule has 0 saturated carbocycles. The summed E-state index contributed by atoms with van der Waals surface area (Å²) in [6, 6.07) is 24.2. The van der Waals surface area contributed by atoms with E-state index in [9.17, 15) is 13.2 Å². The average Bonchev–Trinajstić information content (AvgIpc) is 2.81. The lowest BCUT2D eigenvalue weighted by molar-refractivity contribution is 0.0955. The number of benzene rings is 3. The first kappa shape index (κ1) is 24.2. The maximum Gasteiger partial charge on any atom is 0.273 e. The molecule has 0 aromatic heterocycles. The number of nitrogens with one attached hydrogen (secondary N) is 1. The molecule has 0 aliphatic rings. The van der Waals surface area contributed by atoms with Gasteiger partial charge < -0.3 is 0 Å². The van der Waals surface area contributed by atoms with Crippen LogP contribution in [0.5, 0.6) is 0 Å². The predicted octanol–water partition coefficient (Wildman–Crippen LogP) is 5.23. The van der Waals surface area contributed by atoms with Crippen LogP contribution in [0.2, 0.25) is 0 Å². The van der Waals surface area contributed by atoms with Crippen molar-refractivity contribution in [2.24, 2.45) is 10.5 Å². The molecule has 0 heterocycles. The Balaban J connectivity index is 2.07. The minimum Gasteiger partial charge on any atom is -0.267 e. The lowest BCUT2D eigenvalue weighted by atomic mass is 9.91. The first-order valence-corrected chi connectivity index (χ1v) is 12.1. The first-order valence-electron chi connectivity index (χ1n) is 10.7. The molecule has 0 spiro atoms. The van der Waals surface area contributed by atoms with Crippen molar-refractivity contribution >= 4 is 27.3 Å². The monoisotopic (exact) mass is 463 g/mol. The number of para-hydroxylation sites is 1. The second-order valence-corrected chi connectivity index (χ2v) is 10.6. The third-order valence-corrected chi connectivity index (χ3v) is 7.10. The fraction of sp³-hybridized carbons (Fsp3) is 0.231. The van der Waals surface area contributed by atoms with Gasteiger partial charge in [0.15, 0.2) is 0 Å². The van der Waals surface area contributed by atoms with E-state index in [0.29, 0.717) is 0 Å². The molecule has 6 nitrogen and oxygen atoms in total. The second kappa shape index (κ2) is 10.0. The topological polar surface area (TPSA) is 78.8 Å². The number of hydrogen-bond donors (Lipinski definition) is 1. The zero-order valence-electron chi connectivity index (χ0n) is 19.3. The van der Waals surface area contributed by atoms with Crippen molar-refractivity contribution in [3.8, 4) is 0 Å². The van der Waals surface area contributed by atoms with Gasteiger partial charge >= 0.3 is 0 Å². The summed E-state index contributed by atoms with van der Waals surface area (Å²) < 4.78 is 28.6. The van der Waals surface area contributed by atoms with Gasteiger partial charge in [0.1, 0.15) is 0 Å². The number of sulfonamides is 1. The van der Waals surface area contributed by atoms with Crippen molar-refractivity contribution in [2.45, 2.75) is 39.1 Å². The summed E-state index contributed by atoms with van der Waals surface area (Å²) >= 11 is 0. The normalized spacial score (nSPS) is 12.3. The molecule has 1 N–H and O–H groups in total. The van der Waals surface area contributed by atoms with Crippen molar-refractivity contribution in [1.82, 2.24) is 5.43 Å². The van der Waals surface area contributed by atoms with Crippen molar-refractivity contribution < 1.29 is 13.2 Å². The molecule has 0 fully saturated rings. The molecule has 0 aliphatic carbocycles. The SMILES string of the molecule is C/C(=N/NC(=O)c1ccccc1N(Cc1ccccc1)S(=O)(=O)c1ccccc1)C(C)(C)C. The van der Waals surface area contributed by atoms with Gasteiger partial charge in [-0.1, -0.05) is 81.4 Å². The molecule has 0 unspecified atom stereocenters. The van der Waals surface area contributed by atoms with Crippen LogP contribution in [-0.2, 0) is 16.6 Å². The lowest BCUT2D eigenvalue weighted by Gasteiger charge is -2.26. The summed E-state index contributed by atoms with van der Waals surface area (Å²) in [5.74, 6) is -0.476. The van der Waals surface area contributed by atoms with Crippen LogP contribution in [0, 0.1) is 5.41 Å². The minimum atomic E-state index is -3.95. The Kier molecular flexibility index (Phi) is 7.33. The predicted molar refractivity (Wildman–Crippen MR) is 133 cm³/mol. The van der Waals surface area contributed by atoms with Crippen molar-refractivity contribution in [3.05, 3.63) is 96.1 Å². The van der Waals surface area contributed by atoms with E-state index in [-0.39, 0.29) is 28.1 Å². The van der Waals surface area contributed by atoms with Crippen molar-refractivity contribution in [3.63, 3.8) is 0 Å². The molecule has 0 atom stereocenters. The number of nitrogens with zero attached hydrogens (tertiary/aromatic N) is 2. The smallest absolute Gasteiger partial charge is 0.267 e. The van der Waals surface area contributed by atoms with Crippen LogP contribution in [-0.4, -0.2) is 20.0 Å². The number of carbonyl (C=O) groups excluding carboxylic acids is 1. The molecule has 33 heavy (non-hydrogen) atoms. The highest BCUT2D eigenvalue weighted by Gasteiger charge is 2.28. The number of rotatable bonds is 7. The lowest BCUT2D eigenvalue weighted by Crippen LogP contribution is -2.33. The van der Waals surface area contributed by atoms with Crippen LogP contribution in [0.4, 0.5) is 5.69 Å². The Morgan fingerprint density at radius 1 is 0.879 bits per heavy atom. The number of carbonyl (C=O) groups is 1. The molecule has 0 bridgehead atoms. The van der Waals surface area contributed by atoms with Gasteiger partial charge in [-0.25, -0.2) is 13.8 Å². The van der Waals surface area contributed by atoms with Crippen LogP contribution in [0.1, 0.15) is 43.6 Å². The molecule has 7 heteroatoms. The fourth-order valence-electron chi connectivity index (χ4n) is 3.01. The Morgan fingerprint density at radius 2 is 1.42 bits per heavy atom. The van der Waals surface area contributed by atoms with Crippen molar-refractivity contribution in [2.75, 3.05) is 4.31 Å². The summed E-state index contributed by atoms with van der Waals surface area (Å²) in [6.07, 6.45) is 0. The third kappa shape index (κ3) is 5.87. The van der Waals surface area contributed by atoms with E-state index >= 15 is 0 Å². The fourth-order valence-corrected chi connectivity index (χ4v) is 4.51. The summed E-state index contributed by atoms with van der Waals surface area (Å²) in [5, 5.41) is 4.23. The Hall–Kier alpha value is -3.45. The molecule has 0 aliphatic heterocycles. The quantitative estimate of drug-likeness (QED) is 0.385. The largest absolute Gasteiger partial charge is 0.273 e. The maximum absolute atomic E-state index is 13.7. The van der Waals surface area contributed by atoms with Gasteiger partial charge in [-0.2, -0.15) is 5.10 Å². The zero-order valence-corrected chi connectivity index (χ0v) is 20.1. The number of hydrazone groups is 1. The van der Waals surface area contributed by atoms with E-state index in [1.165, 1.54) is 4.31 Å². The zero-order chi connectivity index (χ0) is 24.1. The molecule has 3 aromatic carbocycles. The van der Waals surface area contributed by atoms with Crippen LogP contribution in [0.3, 0.4) is 0 Å². The van der Waals surface area contributed by atoms with E-state index in [2.05, 4.69) is 10.5 Å². The molecule has 3 aromatic rings. The molecular formula is C26H29N3O3S. The van der Waals surface area contributed by atoms with Crippen LogP contribution in [0.15, 0.2) is 94.9 Å². The van der Waals surface area contributed by atoms with Crippen LogP contribution >= 0.6 is 0 Å². The van der Waals surface area contributed by atoms with E-state index in [4.69, 9.17) is 0 Å². The Bertz CT molecular complexity index is 1230. The standard InChI is InChI=1S/C26H29N3O3S/c1-20(26(2,3)4)27-28-25(30)23-17-11-12-18-24(23)29(19-21-13-7-5-8-14-21)33(31,32)22-15-9-6-10-16-22/h5-18H,19H2,1-4H3,(H,28,30)/b27-20-. The van der Waals surface area contributed by atoms with E-state index in [1.807, 2.05) is 58.0 Å². The summed E-state index contributed by atoms with van der Waals surface area (Å²) in [6.45, 7) is 7.92. The van der Waals surface area contributed by atoms with Crippen molar-refractivity contribution in [1.29, 1.82) is 0 Å². The van der Waals surface area contributed by atoms with Gasteiger partial charge in [-0.05, 0) is 36.8 Å². The van der Waals surface area contributed by atoms with Gasteiger partial charge in [-0.15, -0.1) is 0 Å². The Labute approximate surface area is 196 Å². The maximum atomic E-state index is 13.7. The highest BCUT2D eigenvalue weighted by molar-refractivity contribution is 7.92. The minimum absolute atomic E-state index is 0.0760. The summed E-state index contributed by atoms with van der Waals surface area (Å²) in [4.78, 5) is 13.2. The highest BCUT2D eigenvalue weighted by Crippen LogP contribution is 2.29.